The van der Waals surface area contributed by atoms with Crippen LogP contribution in [0, 0.1) is 11.3 Å². The van der Waals surface area contributed by atoms with Crippen LogP contribution in [0.25, 0.3) is 5.69 Å². The molecule has 0 spiro atoms. The van der Waals surface area contributed by atoms with Crippen LogP contribution in [0.3, 0.4) is 0 Å². The van der Waals surface area contributed by atoms with Gasteiger partial charge < -0.3 is 19.8 Å². The molecule has 9 heteroatoms. The highest BCUT2D eigenvalue weighted by molar-refractivity contribution is 7.91. The second-order valence-electron chi connectivity index (χ2n) is 5.94. The Balaban J connectivity index is 2.09. The molecule has 8 nitrogen and oxygen atoms in total. The molecule has 0 fully saturated rings. The van der Waals surface area contributed by atoms with Crippen molar-refractivity contribution in [1.82, 2.24) is 4.57 Å². The Labute approximate surface area is 167 Å². The van der Waals surface area contributed by atoms with E-state index in [1.165, 1.54) is 30.0 Å². The van der Waals surface area contributed by atoms with Gasteiger partial charge in [-0.1, -0.05) is 30.3 Å². The second kappa shape index (κ2) is 8.08. The molecule has 0 saturated carbocycles. The first-order chi connectivity index (χ1) is 13.9. The third-order valence-electron chi connectivity index (χ3n) is 4.13. The molecule has 0 aliphatic carbocycles. The zero-order valence-electron chi connectivity index (χ0n) is 15.4. The highest BCUT2D eigenvalue weighted by atomic mass is 32.2. The maximum Gasteiger partial charge on any atom is 0.357 e. The smallest absolute Gasteiger partial charge is 0.357 e. The van der Waals surface area contributed by atoms with Gasteiger partial charge >= 0.3 is 5.97 Å². The fourth-order valence-electron chi connectivity index (χ4n) is 2.75. The van der Waals surface area contributed by atoms with E-state index in [0.29, 0.717) is 5.75 Å². The Kier molecular flexibility index (Phi) is 5.57. The average molecular weight is 411 g/mol. The van der Waals surface area contributed by atoms with Crippen LogP contribution < -0.4 is 10.5 Å². The number of nitriles is 1. The van der Waals surface area contributed by atoms with Gasteiger partial charge in [0.2, 0.25) is 9.84 Å². The van der Waals surface area contributed by atoms with E-state index < -0.39 is 21.7 Å². The number of rotatable bonds is 6. The Morgan fingerprint density at radius 3 is 2.45 bits per heavy atom. The first-order valence-corrected chi connectivity index (χ1v) is 10.0. The molecule has 1 aromatic heterocycles. The fraction of sp³-hybridized carbons (Fsp3) is 0.100. The van der Waals surface area contributed by atoms with Crippen molar-refractivity contribution in [3.63, 3.8) is 0 Å². The van der Waals surface area contributed by atoms with Crippen LogP contribution in [0.4, 0.5) is 5.69 Å². The molecule has 0 unspecified atom stereocenters. The fourth-order valence-corrected chi connectivity index (χ4v) is 3.94. The molecule has 1 heterocycles. The lowest BCUT2D eigenvalue weighted by atomic mass is 10.2. The number of nitrogen functional groups attached to an aromatic ring is 1. The Hall–Kier alpha value is -3.77. The summed E-state index contributed by atoms with van der Waals surface area (Å²) < 4.78 is 37.3. The minimum Gasteiger partial charge on any atom is -0.477 e. The molecule has 0 amide bonds. The van der Waals surface area contributed by atoms with Crippen LogP contribution >= 0.6 is 0 Å². The highest BCUT2D eigenvalue weighted by Gasteiger charge is 2.26. The number of nitrogens with zero attached hydrogens (tertiary/aromatic N) is 2. The van der Waals surface area contributed by atoms with Gasteiger partial charge in [0, 0.05) is 6.20 Å². The van der Waals surface area contributed by atoms with E-state index in [0.717, 1.165) is 0 Å². The number of benzene rings is 2. The van der Waals surface area contributed by atoms with Crippen LogP contribution in [0.5, 0.6) is 5.75 Å². The molecule has 29 heavy (non-hydrogen) atoms. The van der Waals surface area contributed by atoms with Crippen LogP contribution in [-0.2, 0) is 14.6 Å². The molecule has 0 aliphatic rings. The number of esters is 1. The molecule has 2 N–H and O–H groups in total. The summed E-state index contributed by atoms with van der Waals surface area (Å²) in [5.74, 6) is -0.999. The summed E-state index contributed by atoms with van der Waals surface area (Å²) in [5.41, 5.74) is 5.86. The monoisotopic (exact) mass is 411 g/mol. The summed E-state index contributed by atoms with van der Waals surface area (Å²) in [5, 5.41) is 9.26. The topological polar surface area (TPSA) is 124 Å². The number of methoxy groups -OCH3 is 1. The van der Waals surface area contributed by atoms with Crippen molar-refractivity contribution < 1.29 is 22.7 Å². The average Bonchev–Trinajstić information content (AvgIpc) is 3.08. The van der Waals surface area contributed by atoms with Crippen molar-refractivity contribution in [2.75, 3.05) is 18.8 Å². The lowest BCUT2D eigenvalue weighted by molar-refractivity contribution is 0.0593. The predicted molar refractivity (Wildman–Crippen MR) is 105 cm³/mol. The maximum atomic E-state index is 13.0. The summed E-state index contributed by atoms with van der Waals surface area (Å²) >= 11 is 0. The minimum atomic E-state index is -3.92. The molecule has 148 valence electrons. The molecule has 3 rings (SSSR count). The lowest BCUT2D eigenvalue weighted by Crippen LogP contribution is -2.17. The van der Waals surface area contributed by atoms with E-state index in [-0.39, 0.29) is 27.5 Å². The van der Waals surface area contributed by atoms with Crippen molar-refractivity contribution in [3.05, 3.63) is 72.1 Å². The highest BCUT2D eigenvalue weighted by Crippen LogP contribution is 2.29. The Bertz CT molecular complexity index is 1190. The maximum absolute atomic E-state index is 13.0. The molecule has 0 bridgehead atoms. The van der Waals surface area contributed by atoms with Crippen molar-refractivity contribution in [2.45, 2.75) is 4.90 Å². The summed E-state index contributed by atoms with van der Waals surface area (Å²) in [6.45, 7) is 0. The van der Waals surface area contributed by atoms with Crippen molar-refractivity contribution >= 4 is 21.5 Å². The molecule has 0 aliphatic heterocycles. The van der Waals surface area contributed by atoms with Gasteiger partial charge in [-0.25, -0.2) is 13.2 Å². The Morgan fingerprint density at radius 2 is 1.79 bits per heavy atom. The quantitative estimate of drug-likeness (QED) is 0.618. The zero-order valence-corrected chi connectivity index (χ0v) is 16.2. The van der Waals surface area contributed by atoms with Crippen LogP contribution in [-0.4, -0.2) is 32.0 Å². The predicted octanol–water partition coefficient (Wildman–Crippen LogP) is 2.53. The van der Waals surface area contributed by atoms with Gasteiger partial charge in [0.05, 0.1) is 28.9 Å². The van der Waals surface area contributed by atoms with Crippen molar-refractivity contribution in [1.29, 1.82) is 5.26 Å². The number of ether oxygens (including phenoxy) is 2. The standard InChI is InChI=1S/C20H17N3O5S/c1-27-20(24)19-18(22)14(11-21)12-23(19)16-9-5-6-10-17(16)29(25,26)13-28-15-7-3-2-4-8-15/h2-10,12H,13,22H2,1H3. The van der Waals surface area contributed by atoms with Crippen molar-refractivity contribution in [2.24, 2.45) is 0 Å². The molecule has 3 aromatic rings. The van der Waals surface area contributed by atoms with E-state index in [9.17, 15) is 18.5 Å². The molecule has 0 atom stereocenters. The van der Waals surface area contributed by atoms with E-state index in [1.54, 1.807) is 42.5 Å². The SMILES string of the molecule is COC(=O)c1c(N)c(C#N)cn1-c1ccccc1S(=O)(=O)COc1ccccc1. The number of carbonyl (C=O) groups excluding carboxylic acids is 1. The van der Waals surface area contributed by atoms with Gasteiger partial charge in [0.25, 0.3) is 0 Å². The summed E-state index contributed by atoms with van der Waals surface area (Å²) in [7, 11) is -2.75. The van der Waals surface area contributed by atoms with Gasteiger partial charge in [-0.15, -0.1) is 0 Å². The summed E-state index contributed by atoms with van der Waals surface area (Å²) in [6.07, 6.45) is 1.30. The van der Waals surface area contributed by atoms with E-state index in [1.807, 2.05) is 6.07 Å². The van der Waals surface area contributed by atoms with Gasteiger partial charge in [0.15, 0.2) is 11.6 Å². The van der Waals surface area contributed by atoms with E-state index in [4.69, 9.17) is 15.2 Å². The Morgan fingerprint density at radius 1 is 1.14 bits per heavy atom. The number of sulfone groups is 1. The van der Waals surface area contributed by atoms with Crippen molar-refractivity contribution in [3.8, 4) is 17.5 Å². The lowest BCUT2D eigenvalue weighted by Gasteiger charge is -2.14. The molecular weight excluding hydrogens is 394 g/mol. The van der Waals surface area contributed by atoms with Crippen LogP contribution in [0.15, 0.2) is 65.7 Å². The van der Waals surface area contributed by atoms with E-state index in [2.05, 4.69) is 0 Å². The molecule has 0 saturated heterocycles. The normalized spacial score (nSPS) is 10.9. The van der Waals surface area contributed by atoms with Crippen LogP contribution in [0.1, 0.15) is 16.1 Å². The number of para-hydroxylation sites is 2. The number of aromatic nitrogens is 1. The third kappa shape index (κ3) is 3.93. The van der Waals surface area contributed by atoms with Gasteiger partial charge in [-0.3, -0.25) is 0 Å². The van der Waals surface area contributed by atoms with E-state index >= 15 is 0 Å². The molecule has 0 radical (unpaired) electrons. The van der Waals surface area contributed by atoms with Gasteiger partial charge in [-0.2, -0.15) is 5.26 Å². The zero-order chi connectivity index (χ0) is 21.0. The first-order valence-electron chi connectivity index (χ1n) is 8.38. The number of anilines is 1. The molecular formula is C20H17N3O5S. The third-order valence-corrected chi connectivity index (χ3v) is 5.57. The van der Waals surface area contributed by atoms with Gasteiger partial charge in [-0.05, 0) is 24.3 Å². The second-order valence-corrected chi connectivity index (χ2v) is 7.84. The van der Waals surface area contributed by atoms with Crippen LogP contribution in [0.2, 0.25) is 0 Å². The minimum absolute atomic E-state index is 0.0261. The summed E-state index contributed by atoms with van der Waals surface area (Å²) in [4.78, 5) is 12.1. The number of nitrogens with two attached hydrogens (primary N) is 1. The number of carbonyl (C=O) groups is 1. The van der Waals surface area contributed by atoms with Gasteiger partial charge in [0.1, 0.15) is 11.8 Å². The first kappa shape index (κ1) is 20.0. The number of hydrogen-bond acceptors (Lipinski definition) is 7. The molecule has 2 aromatic carbocycles. The number of hydrogen-bond donors (Lipinski definition) is 1. The largest absolute Gasteiger partial charge is 0.477 e. The summed E-state index contributed by atoms with van der Waals surface area (Å²) in [6, 6.07) is 16.5.